The molecule has 1 amide bonds. The Bertz CT molecular complexity index is 494. The second-order valence-electron chi connectivity index (χ2n) is 4.46. The second-order valence-corrected chi connectivity index (χ2v) is 4.46. The van der Waals surface area contributed by atoms with Gasteiger partial charge in [0.05, 0.1) is 6.42 Å². The summed E-state index contributed by atoms with van der Waals surface area (Å²) in [7, 11) is 0. The Kier molecular flexibility index (Phi) is 6.58. The van der Waals surface area contributed by atoms with E-state index in [1.54, 1.807) is 0 Å². The molecule has 0 aliphatic heterocycles. The zero-order chi connectivity index (χ0) is 15.8. The van der Waals surface area contributed by atoms with E-state index >= 15 is 0 Å². The van der Waals surface area contributed by atoms with E-state index in [4.69, 9.17) is 5.11 Å². The van der Waals surface area contributed by atoms with E-state index in [-0.39, 0.29) is 17.7 Å². The molecule has 0 saturated carbocycles. The van der Waals surface area contributed by atoms with Gasteiger partial charge in [-0.25, -0.2) is 0 Å². The number of rotatable bonds is 8. The highest BCUT2D eigenvalue weighted by atomic mass is 19.3. The van der Waals surface area contributed by atoms with E-state index in [9.17, 15) is 18.4 Å². The summed E-state index contributed by atoms with van der Waals surface area (Å²) in [5, 5.41) is 11.4. The lowest BCUT2D eigenvalue weighted by molar-refractivity contribution is -0.137. The van der Waals surface area contributed by atoms with Gasteiger partial charge in [-0.05, 0) is 24.6 Å². The monoisotopic (exact) mass is 301 g/mol. The van der Waals surface area contributed by atoms with Gasteiger partial charge in [0.25, 0.3) is 5.91 Å². The van der Waals surface area contributed by atoms with Gasteiger partial charge in [0, 0.05) is 11.6 Å². The van der Waals surface area contributed by atoms with Crippen LogP contribution in [0.25, 0.3) is 0 Å². The van der Waals surface area contributed by atoms with Crippen molar-refractivity contribution in [3.8, 4) is 5.75 Å². The predicted molar refractivity (Wildman–Crippen MR) is 71.5 cm³/mol. The molecule has 1 aromatic carbocycles. The molecule has 116 valence electrons. The number of hydrogen-bond acceptors (Lipinski definition) is 3. The Hall–Kier alpha value is -2.18. The molecule has 0 bridgehead atoms. The lowest BCUT2D eigenvalue weighted by Crippen LogP contribution is -2.36. The Morgan fingerprint density at radius 1 is 1.38 bits per heavy atom. The molecule has 0 aromatic heterocycles. The maximum atomic E-state index is 12.1. The number of hydrogen-bond donors (Lipinski definition) is 2. The summed E-state index contributed by atoms with van der Waals surface area (Å²) in [6.07, 6.45) is 1.05. The maximum Gasteiger partial charge on any atom is 0.387 e. The van der Waals surface area contributed by atoms with Gasteiger partial charge in [-0.1, -0.05) is 19.4 Å². The third-order valence-electron chi connectivity index (χ3n) is 2.71. The van der Waals surface area contributed by atoms with Crippen molar-refractivity contribution < 1.29 is 28.2 Å². The van der Waals surface area contributed by atoms with Gasteiger partial charge in [0.15, 0.2) is 0 Å². The molecular formula is C14H17F2NO4. The van der Waals surface area contributed by atoms with Gasteiger partial charge >= 0.3 is 12.6 Å². The minimum Gasteiger partial charge on any atom is -0.481 e. The van der Waals surface area contributed by atoms with Gasteiger partial charge in [0.2, 0.25) is 0 Å². The number of nitrogens with one attached hydrogen (secondary N) is 1. The van der Waals surface area contributed by atoms with Crippen molar-refractivity contribution in [2.45, 2.75) is 38.8 Å². The van der Waals surface area contributed by atoms with Crippen LogP contribution in [0.15, 0.2) is 24.3 Å². The molecule has 0 radical (unpaired) electrons. The molecule has 1 aromatic rings. The molecule has 1 atom stereocenters. The number of carbonyl (C=O) groups excluding carboxylic acids is 1. The van der Waals surface area contributed by atoms with Gasteiger partial charge in [0.1, 0.15) is 5.75 Å². The number of aliphatic carboxylic acids is 1. The number of benzene rings is 1. The number of halogens is 2. The summed E-state index contributed by atoms with van der Waals surface area (Å²) in [6.45, 7) is -1.10. The Morgan fingerprint density at radius 2 is 2.10 bits per heavy atom. The number of carbonyl (C=O) groups is 2. The van der Waals surface area contributed by atoms with Crippen molar-refractivity contribution in [3.63, 3.8) is 0 Å². The van der Waals surface area contributed by atoms with E-state index in [0.29, 0.717) is 12.8 Å². The molecule has 7 heteroatoms. The number of amides is 1. The standard InChI is InChI=1S/C14H17F2NO4/c1-2-4-10(8-12(18)19)17-13(20)9-5-3-6-11(7-9)21-14(15)16/h3,5-7,10,14H,2,4,8H2,1H3,(H,17,20)(H,18,19). The summed E-state index contributed by atoms with van der Waals surface area (Å²) < 4.78 is 28.5. The zero-order valence-electron chi connectivity index (χ0n) is 11.5. The smallest absolute Gasteiger partial charge is 0.387 e. The zero-order valence-corrected chi connectivity index (χ0v) is 11.5. The molecule has 21 heavy (non-hydrogen) atoms. The van der Waals surface area contributed by atoms with Crippen molar-refractivity contribution in [1.29, 1.82) is 0 Å². The third kappa shape index (κ3) is 6.20. The molecule has 5 nitrogen and oxygen atoms in total. The van der Waals surface area contributed by atoms with Gasteiger partial charge in [-0.15, -0.1) is 0 Å². The number of carboxylic acids is 1. The Balaban J connectivity index is 2.74. The number of carboxylic acid groups (broad SMARTS) is 1. The molecule has 0 fully saturated rings. The summed E-state index contributed by atoms with van der Waals surface area (Å²) in [5.41, 5.74) is 0.139. The lowest BCUT2D eigenvalue weighted by Gasteiger charge is -2.16. The average Bonchev–Trinajstić information content (AvgIpc) is 2.37. The van der Waals surface area contributed by atoms with Gasteiger partial charge in [-0.2, -0.15) is 8.78 Å². The summed E-state index contributed by atoms with van der Waals surface area (Å²) >= 11 is 0. The van der Waals surface area contributed by atoms with E-state index in [0.717, 1.165) is 0 Å². The fourth-order valence-corrected chi connectivity index (χ4v) is 1.87. The molecule has 0 saturated heterocycles. The van der Waals surface area contributed by atoms with Crippen LogP contribution in [0, 0.1) is 0 Å². The van der Waals surface area contributed by atoms with Crippen molar-refractivity contribution in [2.24, 2.45) is 0 Å². The first-order valence-electron chi connectivity index (χ1n) is 6.50. The van der Waals surface area contributed by atoms with Crippen molar-refractivity contribution in [3.05, 3.63) is 29.8 Å². The molecule has 0 aliphatic rings. The Morgan fingerprint density at radius 3 is 2.67 bits per heavy atom. The second kappa shape index (κ2) is 8.18. The van der Waals surface area contributed by atoms with Crippen LogP contribution >= 0.6 is 0 Å². The maximum absolute atomic E-state index is 12.1. The third-order valence-corrected chi connectivity index (χ3v) is 2.71. The van der Waals surface area contributed by atoms with E-state index in [1.807, 2.05) is 6.92 Å². The molecule has 1 unspecified atom stereocenters. The van der Waals surface area contributed by atoms with Crippen LogP contribution in [-0.4, -0.2) is 29.6 Å². The van der Waals surface area contributed by atoms with E-state index in [2.05, 4.69) is 10.1 Å². The van der Waals surface area contributed by atoms with Crippen LogP contribution in [0.3, 0.4) is 0 Å². The van der Waals surface area contributed by atoms with Crippen LogP contribution in [0.4, 0.5) is 8.78 Å². The molecule has 0 aliphatic carbocycles. The summed E-state index contributed by atoms with van der Waals surface area (Å²) in [4.78, 5) is 22.7. The molecular weight excluding hydrogens is 284 g/mol. The quantitative estimate of drug-likeness (QED) is 0.774. The van der Waals surface area contributed by atoms with Crippen LogP contribution in [0.1, 0.15) is 36.5 Å². The van der Waals surface area contributed by atoms with Crippen molar-refractivity contribution >= 4 is 11.9 Å². The van der Waals surface area contributed by atoms with E-state index < -0.39 is 24.5 Å². The fourth-order valence-electron chi connectivity index (χ4n) is 1.87. The van der Waals surface area contributed by atoms with Crippen LogP contribution in [-0.2, 0) is 4.79 Å². The molecule has 0 heterocycles. The van der Waals surface area contributed by atoms with E-state index in [1.165, 1.54) is 24.3 Å². The van der Waals surface area contributed by atoms with Crippen LogP contribution in [0.5, 0.6) is 5.75 Å². The lowest BCUT2D eigenvalue weighted by atomic mass is 10.1. The first-order valence-corrected chi connectivity index (χ1v) is 6.50. The first-order chi connectivity index (χ1) is 9.92. The van der Waals surface area contributed by atoms with Gasteiger partial charge in [-0.3, -0.25) is 9.59 Å². The highest BCUT2D eigenvalue weighted by Gasteiger charge is 2.17. The normalized spacial score (nSPS) is 12.0. The summed E-state index contributed by atoms with van der Waals surface area (Å²) in [5.74, 6) is -1.65. The SMILES string of the molecule is CCCC(CC(=O)O)NC(=O)c1cccc(OC(F)F)c1. The van der Waals surface area contributed by atoms with Crippen LogP contribution in [0.2, 0.25) is 0 Å². The first kappa shape index (κ1) is 16.9. The highest BCUT2D eigenvalue weighted by molar-refractivity contribution is 5.95. The fraction of sp³-hybridized carbons (Fsp3) is 0.429. The Labute approximate surface area is 120 Å². The number of ether oxygens (including phenoxy) is 1. The van der Waals surface area contributed by atoms with Crippen LogP contribution < -0.4 is 10.1 Å². The average molecular weight is 301 g/mol. The largest absolute Gasteiger partial charge is 0.481 e. The predicted octanol–water partition coefficient (Wildman–Crippen LogP) is 2.66. The van der Waals surface area contributed by atoms with Crippen molar-refractivity contribution in [1.82, 2.24) is 5.32 Å². The molecule has 0 spiro atoms. The molecule has 2 N–H and O–H groups in total. The summed E-state index contributed by atoms with van der Waals surface area (Å²) in [6, 6.07) is 4.85. The minimum absolute atomic E-state index is 0.122. The van der Waals surface area contributed by atoms with Gasteiger partial charge < -0.3 is 15.2 Å². The molecule has 1 rings (SSSR count). The minimum atomic E-state index is -2.97. The van der Waals surface area contributed by atoms with Crippen molar-refractivity contribution in [2.75, 3.05) is 0 Å². The number of alkyl halides is 2. The topological polar surface area (TPSA) is 75.6 Å². The highest BCUT2D eigenvalue weighted by Crippen LogP contribution is 2.16.